The van der Waals surface area contributed by atoms with Crippen molar-refractivity contribution in [2.75, 3.05) is 6.54 Å². The summed E-state index contributed by atoms with van der Waals surface area (Å²) >= 11 is 0. The number of unbranched alkanes of at least 4 members (excludes halogenated alkanes) is 2. The number of carbonyl (C=O) groups excluding carboxylic acids is 2. The van der Waals surface area contributed by atoms with E-state index in [0.29, 0.717) is 30.6 Å². The smallest absolute Gasteiger partial charge is 0.303 e. The van der Waals surface area contributed by atoms with Gasteiger partial charge in [-0.1, -0.05) is 6.42 Å². The number of aromatic nitrogens is 1. The molecule has 6 heteroatoms. The van der Waals surface area contributed by atoms with E-state index < -0.39 is 5.97 Å². The number of rotatable bonds is 7. The van der Waals surface area contributed by atoms with Crippen LogP contribution in [0.4, 0.5) is 0 Å². The van der Waals surface area contributed by atoms with E-state index in [1.54, 1.807) is 6.92 Å². The first-order valence-electron chi connectivity index (χ1n) is 7.75. The number of hydrogen-bond acceptors (Lipinski definition) is 3. The number of carbonyl (C=O) groups is 3. The molecule has 0 aromatic carbocycles. The second-order valence-electron chi connectivity index (χ2n) is 5.72. The fraction of sp³-hybridized carbons (Fsp3) is 0.562. The zero-order chi connectivity index (χ0) is 16.1. The lowest BCUT2D eigenvalue weighted by Crippen LogP contribution is -2.25. The number of carboxylic acid groups (broad SMARTS) is 1. The van der Waals surface area contributed by atoms with E-state index in [2.05, 4.69) is 10.3 Å². The van der Waals surface area contributed by atoms with Gasteiger partial charge in [-0.25, -0.2) is 0 Å². The first-order valence-corrected chi connectivity index (χ1v) is 7.75. The van der Waals surface area contributed by atoms with E-state index in [9.17, 15) is 14.4 Å². The Bertz CT molecular complexity index is 589. The van der Waals surface area contributed by atoms with Gasteiger partial charge >= 0.3 is 5.97 Å². The van der Waals surface area contributed by atoms with Gasteiger partial charge in [-0.05, 0) is 38.2 Å². The van der Waals surface area contributed by atoms with Crippen LogP contribution >= 0.6 is 0 Å². The number of aryl methyl sites for hydroxylation is 1. The molecule has 1 aliphatic rings. The Morgan fingerprint density at radius 1 is 1.23 bits per heavy atom. The molecule has 0 spiro atoms. The van der Waals surface area contributed by atoms with Crippen LogP contribution in [0.5, 0.6) is 0 Å². The maximum Gasteiger partial charge on any atom is 0.303 e. The third kappa shape index (κ3) is 3.75. The van der Waals surface area contributed by atoms with Crippen LogP contribution in [-0.4, -0.2) is 34.3 Å². The van der Waals surface area contributed by atoms with Crippen LogP contribution in [-0.2, 0) is 11.2 Å². The first kappa shape index (κ1) is 16.3. The molecule has 120 valence electrons. The molecule has 2 rings (SSSR count). The van der Waals surface area contributed by atoms with Crippen molar-refractivity contribution in [2.24, 2.45) is 0 Å². The van der Waals surface area contributed by atoms with E-state index in [0.717, 1.165) is 36.9 Å². The molecule has 1 heterocycles. The number of ketones is 1. The van der Waals surface area contributed by atoms with E-state index in [1.807, 2.05) is 0 Å². The quantitative estimate of drug-likeness (QED) is 0.672. The normalized spacial score (nSPS) is 13.8. The van der Waals surface area contributed by atoms with Gasteiger partial charge in [-0.2, -0.15) is 0 Å². The lowest BCUT2D eigenvalue weighted by Gasteiger charge is -2.09. The zero-order valence-corrected chi connectivity index (χ0v) is 12.8. The van der Waals surface area contributed by atoms with Crippen molar-refractivity contribution in [1.29, 1.82) is 0 Å². The summed E-state index contributed by atoms with van der Waals surface area (Å²) in [5.41, 5.74) is 2.78. The molecule has 0 atom stereocenters. The van der Waals surface area contributed by atoms with Gasteiger partial charge in [0, 0.05) is 30.6 Å². The van der Waals surface area contributed by atoms with Crippen LogP contribution in [0.15, 0.2) is 0 Å². The fourth-order valence-electron chi connectivity index (χ4n) is 2.87. The van der Waals surface area contributed by atoms with E-state index in [1.165, 1.54) is 0 Å². The maximum atomic E-state index is 12.2. The molecular weight excluding hydrogens is 284 g/mol. The number of nitrogens with one attached hydrogen (secondary N) is 2. The zero-order valence-electron chi connectivity index (χ0n) is 12.8. The molecule has 0 saturated heterocycles. The summed E-state index contributed by atoms with van der Waals surface area (Å²) in [6, 6.07) is 0. The largest absolute Gasteiger partial charge is 0.481 e. The Hall–Kier alpha value is -2.11. The Labute approximate surface area is 129 Å². The number of hydrogen-bond donors (Lipinski definition) is 3. The first-order chi connectivity index (χ1) is 10.5. The molecule has 0 fully saturated rings. The minimum Gasteiger partial charge on any atom is -0.481 e. The highest BCUT2D eigenvalue weighted by Gasteiger charge is 2.25. The summed E-state index contributed by atoms with van der Waals surface area (Å²) in [5.74, 6) is -0.873. The summed E-state index contributed by atoms with van der Waals surface area (Å²) in [4.78, 5) is 37.6. The monoisotopic (exact) mass is 306 g/mol. The molecule has 6 nitrogen and oxygen atoms in total. The van der Waals surface area contributed by atoms with Crippen LogP contribution in [0.1, 0.15) is 70.6 Å². The van der Waals surface area contributed by atoms with Gasteiger partial charge in [0.1, 0.15) is 5.69 Å². The Morgan fingerprint density at radius 3 is 2.68 bits per heavy atom. The molecule has 0 radical (unpaired) electrons. The molecule has 1 amide bonds. The van der Waals surface area contributed by atoms with E-state index >= 15 is 0 Å². The second kappa shape index (κ2) is 7.24. The van der Waals surface area contributed by atoms with Gasteiger partial charge in [0.05, 0.1) is 0 Å². The van der Waals surface area contributed by atoms with E-state index in [4.69, 9.17) is 5.11 Å². The van der Waals surface area contributed by atoms with Crippen LogP contribution in [0, 0.1) is 6.92 Å². The Morgan fingerprint density at radius 2 is 2.00 bits per heavy atom. The van der Waals surface area contributed by atoms with Crippen molar-refractivity contribution >= 4 is 17.7 Å². The molecule has 0 aliphatic heterocycles. The number of Topliss-reactive ketones (excluding diaryl/α,β-unsaturated/α-hetero) is 1. The van der Waals surface area contributed by atoms with Crippen molar-refractivity contribution in [3.63, 3.8) is 0 Å². The number of aromatic amines is 1. The second-order valence-corrected chi connectivity index (χ2v) is 5.72. The fourth-order valence-corrected chi connectivity index (χ4v) is 2.87. The van der Waals surface area contributed by atoms with E-state index in [-0.39, 0.29) is 18.1 Å². The number of aliphatic carboxylic acids is 1. The predicted molar refractivity (Wildman–Crippen MR) is 81.2 cm³/mol. The molecule has 1 aromatic heterocycles. The summed E-state index contributed by atoms with van der Waals surface area (Å²) in [5, 5.41) is 11.4. The summed E-state index contributed by atoms with van der Waals surface area (Å²) in [6.45, 7) is 2.32. The molecule has 0 bridgehead atoms. The summed E-state index contributed by atoms with van der Waals surface area (Å²) in [6.07, 6.45) is 4.49. The number of H-pyrrole nitrogens is 1. The molecule has 22 heavy (non-hydrogen) atoms. The highest BCUT2D eigenvalue weighted by atomic mass is 16.4. The van der Waals surface area contributed by atoms with Crippen molar-refractivity contribution in [1.82, 2.24) is 10.3 Å². The van der Waals surface area contributed by atoms with Gasteiger partial charge in [0.25, 0.3) is 5.91 Å². The van der Waals surface area contributed by atoms with Crippen LogP contribution in [0.2, 0.25) is 0 Å². The third-order valence-electron chi connectivity index (χ3n) is 4.02. The van der Waals surface area contributed by atoms with Crippen LogP contribution < -0.4 is 5.32 Å². The van der Waals surface area contributed by atoms with Gasteiger partial charge in [-0.3, -0.25) is 14.4 Å². The Kier molecular flexibility index (Phi) is 5.35. The van der Waals surface area contributed by atoms with Gasteiger partial charge in [0.2, 0.25) is 0 Å². The summed E-state index contributed by atoms with van der Waals surface area (Å²) < 4.78 is 0. The average molecular weight is 306 g/mol. The maximum absolute atomic E-state index is 12.2. The number of carboxylic acids is 1. The standard InChI is InChI=1S/C16H22N2O4/c1-10-14-11(6-5-7-12(14)19)18-15(10)16(22)17-9-4-2-3-8-13(20)21/h18H,2-9H2,1H3,(H,17,22)(H,20,21). The molecule has 1 aliphatic carbocycles. The highest BCUT2D eigenvalue weighted by Crippen LogP contribution is 2.26. The molecule has 3 N–H and O–H groups in total. The van der Waals surface area contributed by atoms with Crippen molar-refractivity contribution in [3.8, 4) is 0 Å². The Balaban J connectivity index is 1.86. The predicted octanol–water partition coefficient (Wildman–Crippen LogP) is 2.22. The van der Waals surface area contributed by atoms with Crippen LogP contribution in [0.25, 0.3) is 0 Å². The number of fused-ring (bicyclic) bond motifs is 1. The minimum atomic E-state index is -0.790. The molecule has 0 saturated carbocycles. The molecular formula is C16H22N2O4. The topological polar surface area (TPSA) is 99.3 Å². The third-order valence-corrected chi connectivity index (χ3v) is 4.02. The lowest BCUT2D eigenvalue weighted by molar-refractivity contribution is -0.137. The SMILES string of the molecule is Cc1c(C(=O)NCCCCCC(=O)O)[nH]c2c1C(=O)CCC2. The van der Waals surface area contributed by atoms with Crippen LogP contribution in [0.3, 0.4) is 0 Å². The number of amides is 1. The van der Waals surface area contributed by atoms with Crippen molar-refractivity contribution in [3.05, 3.63) is 22.5 Å². The van der Waals surface area contributed by atoms with Gasteiger partial charge in [0.15, 0.2) is 5.78 Å². The lowest BCUT2D eigenvalue weighted by atomic mass is 9.94. The highest BCUT2D eigenvalue weighted by molar-refractivity contribution is 6.04. The van der Waals surface area contributed by atoms with Crippen molar-refractivity contribution < 1.29 is 19.5 Å². The molecule has 1 aromatic rings. The summed E-state index contributed by atoms with van der Waals surface area (Å²) in [7, 11) is 0. The van der Waals surface area contributed by atoms with Gasteiger partial charge < -0.3 is 15.4 Å². The molecule has 0 unspecified atom stereocenters. The average Bonchev–Trinajstić information content (AvgIpc) is 2.81. The van der Waals surface area contributed by atoms with Gasteiger partial charge in [-0.15, -0.1) is 0 Å². The minimum absolute atomic E-state index is 0.114. The van der Waals surface area contributed by atoms with Crippen molar-refractivity contribution in [2.45, 2.75) is 51.9 Å².